The van der Waals surface area contributed by atoms with Crippen LogP contribution >= 0.6 is 0 Å². The van der Waals surface area contributed by atoms with Crippen molar-refractivity contribution >= 4 is 11.4 Å². The molecular weight excluding hydrogens is 648 g/mol. The Morgan fingerprint density at radius 3 is 2.79 bits per heavy atom. The monoisotopic (exact) mass is 689 g/mol. The molecule has 0 amide bonds. The summed E-state index contributed by atoms with van der Waals surface area (Å²) in [6, 6.07) is 8.29. The molecular formula is C31H42FN5O5Pd. The van der Waals surface area contributed by atoms with Gasteiger partial charge < -0.3 is 36.2 Å². The Labute approximate surface area is 265 Å². The van der Waals surface area contributed by atoms with Crippen molar-refractivity contribution in [2.75, 3.05) is 43.5 Å². The fourth-order valence-electron chi connectivity index (χ4n) is 8.06. The molecule has 1 aliphatic carbocycles. The van der Waals surface area contributed by atoms with Crippen molar-refractivity contribution < 1.29 is 50.3 Å². The van der Waals surface area contributed by atoms with E-state index in [9.17, 15) is 14.8 Å². The molecule has 0 saturated carbocycles. The van der Waals surface area contributed by atoms with Crippen molar-refractivity contribution in [2.45, 2.75) is 87.7 Å². The van der Waals surface area contributed by atoms with Crippen molar-refractivity contribution in [3.05, 3.63) is 46.1 Å². The molecule has 0 bridgehead atoms. The number of nitrogens with two attached hydrogens (primary N) is 1. The fraction of sp³-hybridized carbons (Fsp3) is 0.613. The molecule has 4 aliphatic heterocycles. The Morgan fingerprint density at radius 2 is 2.07 bits per heavy atom. The molecule has 0 unspecified atom stereocenters. The minimum Gasteiger partial charge on any atom is -0.476 e. The summed E-state index contributed by atoms with van der Waals surface area (Å²) in [6.45, 7) is 5.31. The predicted octanol–water partition coefficient (Wildman–Crippen LogP) is 2.28. The average molecular weight is 690 g/mol. The van der Waals surface area contributed by atoms with E-state index in [0.717, 1.165) is 73.3 Å². The fourth-order valence-corrected chi connectivity index (χ4v) is 8.06. The van der Waals surface area contributed by atoms with E-state index in [1.807, 2.05) is 18.2 Å². The Balaban J connectivity index is 0.00000141. The quantitative estimate of drug-likeness (QED) is 0.356. The van der Waals surface area contributed by atoms with Crippen LogP contribution < -0.4 is 15.4 Å². The topological polar surface area (TPSA) is 171 Å². The van der Waals surface area contributed by atoms with Gasteiger partial charge in [0.05, 0.1) is 36.1 Å². The van der Waals surface area contributed by atoms with E-state index >= 15 is 0 Å². The molecule has 5 atom stereocenters. The third kappa shape index (κ3) is 5.33. The maximum atomic E-state index is 14.4. The Hall–Kier alpha value is -2.35. The normalized spacial score (nSPS) is 30.5. The van der Waals surface area contributed by atoms with Gasteiger partial charge in [0, 0.05) is 74.9 Å². The number of anilines is 2. The SMILES string of the molecule is C[C@H]1CC[C@]2(Cc3nc(OC[C@@]45CCCN4C[C@H](F)C5)cc(N4CC[C@@H]4CO)c3CO2)c2c1ccc(N)c2C#N.O.O.[Pd]. The summed E-state index contributed by atoms with van der Waals surface area (Å²) in [6.07, 6.45) is 4.87. The first-order chi connectivity index (χ1) is 19.4. The number of fused-ring (bicyclic) bond motifs is 4. The number of hydrogen-bond donors (Lipinski definition) is 2. The number of alkyl halides is 1. The second-order valence-electron chi connectivity index (χ2n) is 12.6. The van der Waals surface area contributed by atoms with Gasteiger partial charge in [0.15, 0.2) is 0 Å². The molecule has 10 nitrogen and oxygen atoms in total. The smallest absolute Gasteiger partial charge is 0.215 e. The van der Waals surface area contributed by atoms with E-state index < -0.39 is 11.8 Å². The number of hydrogen-bond acceptors (Lipinski definition) is 8. The van der Waals surface area contributed by atoms with Crippen LogP contribution in [0.1, 0.15) is 79.3 Å². The molecule has 12 heteroatoms. The summed E-state index contributed by atoms with van der Waals surface area (Å²) in [4.78, 5) is 9.53. The van der Waals surface area contributed by atoms with Crippen LogP contribution in [0, 0.1) is 11.3 Å². The van der Waals surface area contributed by atoms with Crippen molar-refractivity contribution in [1.82, 2.24) is 9.88 Å². The molecule has 1 spiro atoms. The first kappa shape index (κ1) is 33.5. The van der Waals surface area contributed by atoms with Gasteiger partial charge in [0.25, 0.3) is 0 Å². The summed E-state index contributed by atoms with van der Waals surface area (Å²) in [5.41, 5.74) is 11.3. The van der Waals surface area contributed by atoms with Gasteiger partial charge in [-0.2, -0.15) is 5.26 Å². The Bertz CT molecular complexity index is 1390. The van der Waals surface area contributed by atoms with Crippen LogP contribution in [0.15, 0.2) is 18.2 Å². The first-order valence-corrected chi connectivity index (χ1v) is 14.8. The summed E-state index contributed by atoms with van der Waals surface area (Å²) in [7, 11) is 0. The first-order valence-electron chi connectivity index (χ1n) is 14.8. The molecule has 5 heterocycles. The van der Waals surface area contributed by atoms with E-state index in [4.69, 9.17) is 20.2 Å². The molecule has 1 aromatic carbocycles. The van der Waals surface area contributed by atoms with Gasteiger partial charge in [-0.3, -0.25) is 4.90 Å². The van der Waals surface area contributed by atoms with Gasteiger partial charge in [-0.25, -0.2) is 9.37 Å². The number of nitrogen functional groups attached to an aromatic ring is 1. The second-order valence-corrected chi connectivity index (χ2v) is 12.6. The zero-order valence-electron chi connectivity index (χ0n) is 24.5. The molecule has 1 aromatic heterocycles. The molecule has 3 saturated heterocycles. The Morgan fingerprint density at radius 1 is 1.26 bits per heavy atom. The maximum absolute atomic E-state index is 14.4. The van der Waals surface area contributed by atoms with Crippen LogP contribution in [-0.4, -0.2) is 76.5 Å². The van der Waals surface area contributed by atoms with Gasteiger partial charge in [-0.05, 0) is 56.2 Å². The molecule has 3 fully saturated rings. The zero-order valence-corrected chi connectivity index (χ0v) is 26.0. The van der Waals surface area contributed by atoms with Gasteiger partial charge in [0.1, 0.15) is 24.4 Å². The van der Waals surface area contributed by atoms with E-state index in [0.29, 0.717) is 55.6 Å². The van der Waals surface area contributed by atoms with Crippen LogP contribution in [0.2, 0.25) is 0 Å². The molecule has 238 valence electrons. The molecule has 5 aliphatic rings. The van der Waals surface area contributed by atoms with E-state index in [1.165, 1.54) is 0 Å². The minimum atomic E-state index is -0.810. The van der Waals surface area contributed by atoms with Gasteiger partial charge in [0.2, 0.25) is 5.88 Å². The van der Waals surface area contributed by atoms with E-state index in [1.54, 1.807) is 0 Å². The van der Waals surface area contributed by atoms with Crippen LogP contribution in [-0.2, 0) is 43.8 Å². The van der Waals surface area contributed by atoms with Crippen molar-refractivity contribution in [1.29, 1.82) is 5.26 Å². The van der Waals surface area contributed by atoms with Crippen molar-refractivity contribution in [2.24, 2.45) is 0 Å². The standard InChI is InChI=1S/C31H38FN5O3.2H2O.Pd/c1-19-5-8-31(29-22(19)3-4-25(34)23(29)14-33)13-26-24(17-40-31)27(37-10-6-21(37)16-38)11-28(35-26)39-18-30-7-2-9-36(30)15-20(32)12-30;;;/h3-4,11,19-21,38H,2,5-10,12-13,15-18,34H2,1H3;2*1H2;/t19-,20+,21+,30-,31-;;;/m0.../s1. The van der Waals surface area contributed by atoms with Crippen molar-refractivity contribution in [3.63, 3.8) is 0 Å². The number of aromatic nitrogens is 1. The third-order valence-electron chi connectivity index (χ3n) is 10.4. The molecule has 0 radical (unpaired) electrons. The van der Waals surface area contributed by atoms with Gasteiger partial charge in [-0.15, -0.1) is 0 Å². The molecule has 7 N–H and O–H groups in total. The summed E-state index contributed by atoms with van der Waals surface area (Å²) in [5, 5.41) is 20.1. The second kappa shape index (κ2) is 12.6. The number of aliphatic hydroxyl groups is 1. The van der Waals surface area contributed by atoms with E-state index in [2.05, 4.69) is 22.8 Å². The number of pyridine rings is 1. The average Bonchev–Trinajstić information content (AvgIpc) is 3.45. The van der Waals surface area contributed by atoms with Gasteiger partial charge in [-0.1, -0.05) is 13.0 Å². The van der Waals surface area contributed by atoms with E-state index in [-0.39, 0.29) is 49.6 Å². The van der Waals surface area contributed by atoms with Crippen LogP contribution in [0.25, 0.3) is 0 Å². The molecule has 43 heavy (non-hydrogen) atoms. The largest absolute Gasteiger partial charge is 0.476 e. The van der Waals surface area contributed by atoms with Crippen LogP contribution in [0.3, 0.4) is 0 Å². The summed E-state index contributed by atoms with van der Waals surface area (Å²) < 4.78 is 27.6. The van der Waals surface area contributed by atoms with Crippen LogP contribution in [0.4, 0.5) is 15.8 Å². The maximum Gasteiger partial charge on any atom is 0.215 e. The van der Waals surface area contributed by atoms with Gasteiger partial charge >= 0.3 is 0 Å². The minimum absolute atomic E-state index is 0. The van der Waals surface area contributed by atoms with Crippen LogP contribution in [0.5, 0.6) is 5.88 Å². The number of aliphatic hydroxyl groups excluding tert-OH is 1. The third-order valence-corrected chi connectivity index (χ3v) is 10.4. The predicted molar refractivity (Wildman–Crippen MR) is 156 cm³/mol. The number of nitrogens with zero attached hydrogens (tertiary/aromatic N) is 4. The number of ether oxygens (including phenoxy) is 2. The Kier molecular flexibility index (Phi) is 9.81. The molecule has 7 rings (SSSR count). The zero-order chi connectivity index (χ0) is 27.6. The number of nitriles is 1. The number of benzene rings is 1. The summed E-state index contributed by atoms with van der Waals surface area (Å²) >= 11 is 0. The number of halogens is 1. The van der Waals surface area contributed by atoms with Crippen molar-refractivity contribution in [3.8, 4) is 11.9 Å². The summed E-state index contributed by atoms with van der Waals surface area (Å²) in [5.74, 6) is 0.845. The molecule has 2 aromatic rings. The number of rotatable bonds is 5.